The van der Waals surface area contributed by atoms with Crippen molar-refractivity contribution in [2.24, 2.45) is 5.73 Å². The number of allylic oxidation sites excluding steroid dienone is 1. The number of hydrogen-bond donors (Lipinski definition) is 2. The Labute approximate surface area is 118 Å². The number of nitrogens with zero attached hydrogens (tertiary/aromatic N) is 2. The van der Waals surface area contributed by atoms with Gasteiger partial charge < -0.3 is 10.5 Å². The minimum Gasteiger partial charge on any atom is -0.420 e. The number of H-pyrrole nitrogens is 1. The van der Waals surface area contributed by atoms with E-state index in [1.165, 1.54) is 6.07 Å². The van der Waals surface area contributed by atoms with Crippen molar-refractivity contribution in [3.05, 3.63) is 58.1 Å². The normalized spacial score (nSPS) is 17.1. The molecule has 0 fully saturated rings. The molecule has 0 saturated heterocycles. The Bertz CT molecular complexity index is 804. The fourth-order valence-corrected chi connectivity index (χ4v) is 2.45. The van der Waals surface area contributed by atoms with Gasteiger partial charge in [-0.15, -0.1) is 5.10 Å². The number of nitrogens with one attached hydrogen (secondary N) is 1. The van der Waals surface area contributed by atoms with Gasteiger partial charge in [-0.1, -0.05) is 6.07 Å². The van der Waals surface area contributed by atoms with Crippen molar-refractivity contribution in [3.8, 4) is 11.9 Å². The van der Waals surface area contributed by atoms with E-state index in [1.54, 1.807) is 6.92 Å². The zero-order valence-electron chi connectivity index (χ0n) is 10.9. The Balaban J connectivity index is 2.27. The van der Waals surface area contributed by atoms with Crippen molar-refractivity contribution in [2.45, 2.75) is 12.8 Å². The summed E-state index contributed by atoms with van der Waals surface area (Å²) in [7, 11) is 0. The van der Waals surface area contributed by atoms with Gasteiger partial charge in [0.1, 0.15) is 23.3 Å². The summed E-state index contributed by atoms with van der Waals surface area (Å²) >= 11 is 0. The van der Waals surface area contributed by atoms with E-state index in [9.17, 15) is 14.0 Å². The van der Waals surface area contributed by atoms with E-state index < -0.39 is 17.6 Å². The fourth-order valence-electron chi connectivity index (χ4n) is 2.45. The molecule has 7 heteroatoms. The maximum Gasteiger partial charge on any atom is 0.244 e. The van der Waals surface area contributed by atoms with Gasteiger partial charge in [0.05, 0.1) is 5.92 Å². The van der Waals surface area contributed by atoms with E-state index in [-0.39, 0.29) is 22.9 Å². The van der Waals surface area contributed by atoms with Gasteiger partial charge in [-0.05, 0) is 13.0 Å². The second-order valence-corrected chi connectivity index (χ2v) is 4.66. The molecule has 21 heavy (non-hydrogen) atoms. The standard InChI is InChI=1S/C14H10F2N4O/c1-6-11-12(8-3-2-7(15)4-10(8)16)9(5-17)13(18)21-14(11)20-19-6/h2-4,12H,18H2,1H3,(H,19,20)/t12-/m0/s1. The van der Waals surface area contributed by atoms with Crippen LogP contribution >= 0.6 is 0 Å². The van der Waals surface area contributed by atoms with Crippen LogP contribution in [-0.2, 0) is 0 Å². The van der Waals surface area contributed by atoms with E-state index in [1.807, 2.05) is 6.07 Å². The average Bonchev–Trinajstić information content (AvgIpc) is 2.79. The lowest BCUT2D eigenvalue weighted by Gasteiger charge is -2.23. The number of nitriles is 1. The van der Waals surface area contributed by atoms with Crippen LogP contribution in [0.3, 0.4) is 0 Å². The Morgan fingerprint density at radius 2 is 2.19 bits per heavy atom. The number of aryl methyl sites for hydroxylation is 1. The third-order valence-electron chi connectivity index (χ3n) is 3.40. The number of ether oxygens (including phenoxy) is 1. The molecule has 5 nitrogen and oxygen atoms in total. The Morgan fingerprint density at radius 3 is 2.86 bits per heavy atom. The first-order valence-electron chi connectivity index (χ1n) is 6.10. The SMILES string of the molecule is Cc1[nH]nc2c1[C@@H](c1ccc(F)cc1F)C(C#N)=C(N)O2. The molecule has 0 aliphatic carbocycles. The van der Waals surface area contributed by atoms with Crippen molar-refractivity contribution in [1.29, 1.82) is 5.26 Å². The van der Waals surface area contributed by atoms with Crippen molar-refractivity contribution in [1.82, 2.24) is 10.2 Å². The van der Waals surface area contributed by atoms with Crippen molar-refractivity contribution >= 4 is 0 Å². The average molecular weight is 288 g/mol. The fraction of sp³-hybridized carbons (Fsp3) is 0.143. The molecule has 0 radical (unpaired) electrons. The number of rotatable bonds is 1. The molecular weight excluding hydrogens is 278 g/mol. The summed E-state index contributed by atoms with van der Waals surface area (Å²) in [6.45, 7) is 1.72. The van der Waals surface area contributed by atoms with Crippen LogP contribution in [0.25, 0.3) is 0 Å². The van der Waals surface area contributed by atoms with Crippen LogP contribution in [0.2, 0.25) is 0 Å². The maximum atomic E-state index is 14.1. The molecule has 0 amide bonds. The maximum absolute atomic E-state index is 14.1. The molecule has 1 aliphatic heterocycles. The summed E-state index contributed by atoms with van der Waals surface area (Å²) in [6.07, 6.45) is 0. The molecule has 106 valence electrons. The highest BCUT2D eigenvalue weighted by Gasteiger charge is 2.35. The number of benzene rings is 1. The van der Waals surface area contributed by atoms with Gasteiger partial charge in [-0.25, -0.2) is 8.78 Å². The smallest absolute Gasteiger partial charge is 0.244 e. The first kappa shape index (κ1) is 13.1. The minimum atomic E-state index is -0.780. The molecule has 0 spiro atoms. The zero-order chi connectivity index (χ0) is 15.1. The number of fused-ring (bicyclic) bond motifs is 1. The first-order chi connectivity index (χ1) is 10.0. The van der Waals surface area contributed by atoms with E-state index in [4.69, 9.17) is 10.5 Å². The topological polar surface area (TPSA) is 87.7 Å². The lowest BCUT2D eigenvalue weighted by Crippen LogP contribution is -2.21. The Hall–Kier alpha value is -2.88. The molecule has 2 aromatic rings. The second-order valence-electron chi connectivity index (χ2n) is 4.66. The predicted molar refractivity (Wildman–Crippen MR) is 69.0 cm³/mol. The molecule has 0 unspecified atom stereocenters. The number of nitrogens with two attached hydrogens (primary N) is 1. The van der Waals surface area contributed by atoms with E-state index in [2.05, 4.69) is 10.2 Å². The Kier molecular flexibility index (Phi) is 2.87. The highest BCUT2D eigenvalue weighted by atomic mass is 19.1. The summed E-state index contributed by atoms with van der Waals surface area (Å²) in [5.41, 5.74) is 7.06. The van der Waals surface area contributed by atoms with Gasteiger partial charge in [0.25, 0.3) is 0 Å². The molecule has 0 saturated carbocycles. The van der Waals surface area contributed by atoms with Crippen LogP contribution in [0.4, 0.5) is 8.78 Å². The van der Waals surface area contributed by atoms with Gasteiger partial charge in [0.15, 0.2) is 0 Å². The minimum absolute atomic E-state index is 0.0671. The van der Waals surface area contributed by atoms with Crippen LogP contribution in [-0.4, -0.2) is 10.2 Å². The zero-order valence-corrected chi connectivity index (χ0v) is 10.9. The van der Waals surface area contributed by atoms with E-state index in [0.29, 0.717) is 11.3 Å². The lowest BCUT2D eigenvalue weighted by molar-refractivity contribution is 0.377. The molecule has 3 rings (SSSR count). The van der Waals surface area contributed by atoms with Gasteiger partial charge in [-0.2, -0.15) is 5.26 Å². The van der Waals surface area contributed by atoms with Crippen LogP contribution in [0.5, 0.6) is 5.88 Å². The largest absolute Gasteiger partial charge is 0.420 e. The number of hydrogen-bond acceptors (Lipinski definition) is 4. The molecule has 1 aromatic heterocycles. The summed E-state index contributed by atoms with van der Waals surface area (Å²) < 4.78 is 32.5. The number of aromatic amines is 1. The lowest BCUT2D eigenvalue weighted by atomic mass is 9.84. The first-order valence-corrected chi connectivity index (χ1v) is 6.10. The van der Waals surface area contributed by atoms with Crippen molar-refractivity contribution < 1.29 is 13.5 Å². The molecule has 1 aromatic carbocycles. The third kappa shape index (κ3) is 1.92. The number of aromatic nitrogens is 2. The van der Waals surface area contributed by atoms with Crippen LogP contribution in [0.1, 0.15) is 22.7 Å². The van der Waals surface area contributed by atoms with Gasteiger partial charge in [-0.3, -0.25) is 5.10 Å². The number of halogens is 2. The van der Waals surface area contributed by atoms with Gasteiger partial charge in [0.2, 0.25) is 11.8 Å². The summed E-state index contributed by atoms with van der Waals surface area (Å²) in [5, 5.41) is 15.9. The molecule has 1 aliphatic rings. The predicted octanol–water partition coefficient (Wildman–Crippen LogP) is 2.21. The van der Waals surface area contributed by atoms with Gasteiger partial charge >= 0.3 is 0 Å². The van der Waals surface area contributed by atoms with Crippen molar-refractivity contribution in [3.63, 3.8) is 0 Å². The monoisotopic (exact) mass is 288 g/mol. The third-order valence-corrected chi connectivity index (χ3v) is 3.40. The molecule has 0 bridgehead atoms. The van der Waals surface area contributed by atoms with E-state index >= 15 is 0 Å². The highest BCUT2D eigenvalue weighted by molar-refractivity contribution is 5.55. The van der Waals surface area contributed by atoms with Crippen LogP contribution in [0.15, 0.2) is 29.7 Å². The van der Waals surface area contributed by atoms with E-state index in [0.717, 1.165) is 12.1 Å². The molecule has 3 N–H and O–H groups in total. The molecule has 1 atom stereocenters. The van der Waals surface area contributed by atoms with Crippen LogP contribution < -0.4 is 10.5 Å². The van der Waals surface area contributed by atoms with Crippen LogP contribution in [0, 0.1) is 29.9 Å². The summed E-state index contributed by atoms with van der Waals surface area (Å²) in [6, 6.07) is 5.12. The van der Waals surface area contributed by atoms with Crippen molar-refractivity contribution in [2.75, 3.05) is 0 Å². The highest BCUT2D eigenvalue weighted by Crippen LogP contribution is 2.43. The molecule has 2 heterocycles. The quantitative estimate of drug-likeness (QED) is 0.842. The second kappa shape index (κ2) is 4.59. The Morgan fingerprint density at radius 1 is 1.43 bits per heavy atom. The summed E-state index contributed by atoms with van der Waals surface area (Å²) in [5.74, 6) is -2.17. The summed E-state index contributed by atoms with van der Waals surface area (Å²) in [4.78, 5) is 0. The van der Waals surface area contributed by atoms with Gasteiger partial charge in [0, 0.05) is 22.9 Å². The molecular formula is C14H10F2N4O.